The van der Waals surface area contributed by atoms with Crippen LogP contribution in [0.4, 0.5) is 5.69 Å². The average Bonchev–Trinajstić information content (AvgIpc) is 3.43. The van der Waals surface area contributed by atoms with Gasteiger partial charge in [0.2, 0.25) is 11.8 Å². The lowest BCUT2D eigenvalue weighted by Gasteiger charge is -2.34. The van der Waals surface area contributed by atoms with E-state index < -0.39 is 22.6 Å². The Morgan fingerprint density at radius 2 is 1.97 bits per heavy atom. The molecule has 0 aliphatic carbocycles. The predicted octanol–water partition coefficient (Wildman–Crippen LogP) is 3.49. The maximum atomic E-state index is 13.7. The minimum Gasteiger partial charge on any atom is -0.466 e. The molecule has 9 heteroatoms. The van der Waals surface area contributed by atoms with Gasteiger partial charge in [0.25, 0.3) is 0 Å². The monoisotopic (exact) mass is 494 g/mol. The number of ether oxygens (including phenoxy) is 1. The van der Waals surface area contributed by atoms with Gasteiger partial charge in [-0.1, -0.05) is 24.4 Å². The fourth-order valence-corrected chi connectivity index (χ4v) is 8.02. The van der Waals surface area contributed by atoms with Crippen LogP contribution in [0.25, 0.3) is 0 Å². The number of benzene rings is 1. The Balaban J connectivity index is 1.60. The minimum atomic E-state index is -0.641. The summed E-state index contributed by atoms with van der Waals surface area (Å²) in [6, 6.07) is 6.27. The zero-order chi connectivity index (χ0) is 23.6. The first-order chi connectivity index (χ1) is 15.9. The van der Waals surface area contributed by atoms with E-state index in [4.69, 9.17) is 21.4 Å². The summed E-state index contributed by atoms with van der Waals surface area (Å²) in [6.07, 6.45) is 4.74. The first kappa shape index (κ1) is 24.4. The first-order valence-electron chi connectivity index (χ1n) is 11.7. The number of likely N-dealkylation sites (tertiary alicyclic amines) is 1. The Kier molecular flexibility index (Phi) is 7.56. The Labute approximate surface area is 203 Å². The van der Waals surface area contributed by atoms with Crippen LogP contribution in [0.5, 0.6) is 0 Å². The van der Waals surface area contributed by atoms with Gasteiger partial charge in [-0.05, 0) is 56.9 Å². The maximum absolute atomic E-state index is 13.7. The summed E-state index contributed by atoms with van der Waals surface area (Å²) >= 11 is 7.61. The fourth-order valence-electron chi connectivity index (χ4n) is 5.69. The van der Waals surface area contributed by atoms with Crippen molar-refractivity contribution in [2.24, 2.45) is 11.8 Å². The van der Waals surface area contributed by atoms with Gasteiger partial charge in [0.1, 0.15) is 6.04 Å². The predicted molar refractivity (Wildman–Crippen MR) is 128 cm³/mol. The van der Waals surface area contributed by atoms with E-state index in [1.54, 1.807) is 47.9 Å². The number of rotatable bonds is 10. The number of carbonyl (C=O) groups is 3. The Bertz CT molecular complexity index is 897. The van der Waals surface area contributed by atoms with Gasteiger partial charge in [-0.25, -0.2) is 0 Å². The van der Waals surface area contributed by atoms with Crippen molar-refractivity contribution in [3.05, 3.63) is 29.3 Å². The molecule has 3 heterocycles. The van der Waals surface area contributed by atoms with E-state index in [0.29, 0.717) is 17.3 Å². The number of aliphatic hydroxyl groups is 1. The van der Waals surface area contributed by atoms with E-state index >= 15 is 0 Å². The lowest BCUT2D eigenvalue weighted by molar-refractivity contribution is -0.153. The van der Waals surface area contributed by atoms with Crippen LogP contribution < -0.4 is 5.32 Å². The van der Waals surface area contributed by atoms with E-state index in [2.05, 4.69) is 5.32 Å². The van der Waals surface area contributed by atoms with Gasteiger partial charge >= 0.3 is 5.97 Å². The van der Waals surface area contributed by atoms with Crippen LogP contribution in [0, 0.1) is 11.8 Å². The minimum absolute atomic E-state index is 0.00976. The van der Waals surface area contributed by atoms with Gasteiger partial charge in [0.15, 0.2) is 0 Å². The van der Waals surface area contributed by atoms with Gasteiger partial charge in [-0.15, -0.1) is 11.8 Å². The second-order valence-electron chi connectivity index (χ2n) is 8.97. The van der Waals surface area contributed by atoms with E-state index in [-0.39, 0.29) is 36.2 Å². The van der Waals surface area contributed by atoms with E-state index in [9.17, 15) is 14.4 Å². The molecule has 0 saturated carbocycles. The third kappa shape index (κ3) is 4.49. The van der Waals surface area contributed by atoms with Crippen molar-refractivity contribution >= 4 is 46.8 Å². The molecule has 0 aromatic heterocycles. The maximum Gasteiger partial charge on any atom is 0.310 e. The summed E-state index contributed by atoms with van der Waals surface area (Å²) in [6.45, 7) is 2.66. The second-order valence-corrected chi connectivity index (χ2v) is 11.0. The molecule has 7 nitrogen and oxygen atoms in total. The van der Waals surface area contributed by atoms with Gasteiger partial charge < -0.3 is 20.1 Å². The normalized spacial score (nSPS) is 29.9. The molecule has 0 radical (unpaired) electrons. The lowest BCUT2D eigenvalue weighted by Crippen LogP contribution is -2.51. The average molecular weight is 495 g/mol. The van der Waals surface area contributed by atoms with Crippen LogP contribution in [0.15, 0.2) is 24.3 Å². The number of esters is 1. The summed E-state index contributed by atoms with van der Waals surface area (Å²) in [5.74, 6) is -1.68. The number of anilines is 1. The molecule has 180 valence electrons. The second kappa shape index (κ2) is 10.2. The Morgan fingerprint density at radius 1 is 1.24 bits per heavy atom. The number of nitrogens with one attached hydrogen (secondary N) is 1. The molecule has 3 saturated heterocycles. The fraction of sp³-hybridized carbons (Fsp3) is 0.625. The molecule has 3 fully saturated rings. The number of thioether (sulfide) groups is 1. The highest BCUT2D eigenvalue weighted by Crippen LogP contribution is 2.66. The van der Waals surface area contributed by atoms with Crippen molar-refractivity contribution in [1.29, 1.82) is 0 Å². The van der Waals surface area contributed by atoms with Crippen molar-refractivity contribution in [3.8, 4) is 0 Å². The quantitative estimate of drug-likeness (QED) is 0.382. The van der Waals surface area contributed by atoms with E-state index in [1.165, 1.54) is 0 Å². The summed E-state index contributed by atoms with van der Waals surface area (Å²) in [7, 11) is 0. The number of amides is 2. The van der Waals surface area contributed by atoms with Crippen molar-refractivity contribution in [2.45, 2.75) is 61.5 Å². The van der Waals surface area contributed by atoms with Crippen molar-refractivity contribution in [2.75, 3.05) is 25.1 Å². The Hall–Kier alpha value is -1.77. The number of unbranched alkanes of at least 4 members (excludes halogenated alkanes) is 3. The topological polar surface area (TPSA) is 95.9 Å². The Morgan fingerprint density at radius 3 is 2.67 bits per heavy atom. The van der Waals surface area contributed by atoms with Crippen molar-refractivity contribution in [3.63, 3.8) is 0 Å². The largest absolute Gasteiger partial charge is 0.466 e. The van der Waals surface area contributed by atoms with Gasteiger partial charge in [-0.2, -0.15) is 0 Å². The zero-order valence-corrected chi connectivity index (χ0v) is 20.4. The molecule has 2 N–H and O–H groups in total. The number of halogens is 1. The SMILES string of the molecule is CCOC(=O)[C@@H]1[C@H]2C(=O)N(CCCCCCO)C(C(=O)Nc3ccc(Cl)cc3)C23CC[C@H]1S3. The number of fused-ring (bicyclic) bond motifs is 1. The summed E-state index contributed by atoms with van der Waals surface area (Å²) in [5, 5.41) is 12.6. The number of nitrogens with zero attached hydrogens (tertiary/aromatic N) is 1. The van der Waals surface area contributed by atoms with Gasteiger partial charge in [0.05, 0.1) is 23.2 Å². The van der Waals surface area contributed by atoms with Gasteiger partial charge in [-0.3, -0.25) is 14.4 Å². The molecule has 3 aliphatic rings. The summed E-state index contributed by atoms with van der Waals surface area (Å²) < 4.78 is 4.72. The van der Waals surface area contributed by atoms with Crippen LogP contribution in [0.3, 0.4) is 0 Å². The highest BCUT2D eigenvalue weighted by atomic mass is 35.5. The van der Waals surface area contributed by atoms with Crippen LogP contribution in [0.1, 0.15) is 45.4 Å². The molecule has 2 bridgehead atoms. The van der Waals surface area contributed by atoms with E-state index in [0.717, 1.165) is 38.5 Å². The summed E-state index contributed by atoms with van der Waals surface area (Å²) in [4.78, 5) is 41.8. The van der Waals surface area contributed by atoms with Crippen molar-refractivity contribution in [1.82, 2.24) is 4.90 Å². The third-order valence-electron chi connectivity index (χ3n) is 7.03. The zero-order valence-electron chi connectivity index (χ0n) is 18.8. The highest BCUT2D eigenvalue weighted by Gasteiger charge is 2.73. The number of hydrogen-bond acceptors (Lipinski definition) is 6. The number of aliphatic hydroxyl groups excluding tert-OH is 1. The number of hydrogen-bond donors (Lipinski definition) is 2. The lowest BCUT2D eigenvalue weighted by atomic mass is 9.71. The smallest absolute Gasteiger partial charge is 0.310 e. The molecular weight excluding hydrogens is 464 g/mol. The highest BCUT2D eigenvalue weighted by molar-refractivity contribution is 8.02. The number of carbonyl (C=O) groups excluding carboxylic acids is 3. The molecule has 33 heavy (non-hydrogen) atoms. The van der Waals surface area contributed by atoms with Crippen LogP contribution >= 0.6 is 23.4 Å². The molecule has 5 atom stereocenters. The van der Waals surface area contributed by atoms with Gasteiger partial charge in [0, 0.05) is 29.1 Å². The van der Waals surface area contributed by atoms with Crippen LogP contribution in [-0.2, 0) is 19.1 Å². The molecule has 2 unspecified atom stereocenters. The molecule has 3 aliphatic heterocycles. The third-order valence-corrected chi connectivity index (χ3v) is 9.23. The van der Waals surface area contributed by atoms with Crippen LogP contribution in [-0.4, -0.2) is 63.6 Å². The summed E-state index contributed by atoms with van der Waals surface area (Å²) in [5.41, 5.74) is 0.624. The molecule has 1 aromatic carbocycles. The molecule has 4 rings (SSSR count). The molecule has 1 aromatic rings. The standard InChI is InChI=1S/C24H31ClN2O5S/c1-2-32-23(31)18-17-11-12-24(33-17)19(18)22(30)27(13-5-3-4-6-14-28)20(24)21(29)26-16-9-7-15(25)8-10-16/h7-10,17-20,28H,2-6,11-14H2,1H3,(H,26,29)/t17-,18+,19+,20?,24?/m1/s1. The molecular formula is C24H31ClN2O5S. The molecule has 2 amide bonds. The van der Waals surface area contributed by atoms with Crippen molar-refractivity contribution < 1.29 is 24.2 Å². The van der Waals surface area contributed by atoms with Crippen LogP contribution in [0.2, 0.25) is 5.02 Å². The first-order valence-corrected chi connectivity index (χ1v) is 13.0. The van der Waals surface area contributed by atoms with E-state index in [1.807, 2.05) is 0 Å². The molecule has 1 spiro atoms.